The van der Waals surface area contributed by atoms with Gasteiger partial charge in [0.25, 0.3) is 0 Å². The predicted molar refractivity (Wildman–Crippen MR) is 86.7 cm³/mol. The Morgan fingerprint density at radius 2 is 1.68 bits per heavy atom. The number of ether oxygens (including phenoxy) is 2. The van der Waals surface area contributed by atoms with Gasteiger partial charge in [0, 0.05) is 30.2 Å². The highest BCUT2D eigenvalue weighted by Crippen LogP contribution is 2.30. The highest BCUT2D eigenvalue weighted by Gasteiger charge is 2.17. The van der Waals surface area contributed by atoms with Crippen LogP contribution in [0, 0.1) is 0 Å². The van der Waals surface area contributed by atoms with E-state index in [0.717, 1.165) is 22.2 Å². The average Bonchev–Trinajstić information content (AvgIpc) is 2.56. The predicted octanol–water partition coefficient (Wildman–Crippen LogP) is 4.24. The van der Waals surface area contributed by atoms with Crippen molar-refractivity contribution in [3.8, 4) is 11.3 Å². The molecule has 5 heteroatoms. The zero-order chi connectivity index (χ0) is 15.5. The molecule has 3 aromatic rings. The zero-order valence-electron chi connectivity index (χ0n) is 12.3. The largest absolute Gasteiger partial charge is 0.349 e. The van der Waals surface area contributed by atoms with Crippen LogP contribution in [0.4, 0.5) is 0 Å². The third-order valence-corrected chi connectivity index (χ3v) is 3.60. The summed E-state index contributed by atoms with van der Waals surface area (Å²) in [5.74, 6) is 0.485. The molecule has 1 heterocycles. The number of hydrogen-bond donors (Lipinski definition) is 0. The summed E-state index contributed by atoms with van der Waals surface area (Å²) in [7, 11) is 3.12. The van der Waals surface area contributed by atoms with Crippen LogP contribution in [0.15, 0.2) is 48.5 Å². The van der Waals surface area contributed by atoms with E-state index < -0.39 is 6.29 Å². The third kappa shape index (κ3) is 2.81. The average molecular weight is 315 g/mol. The molecule has 0 aliphatic rings. The summed E-state index contributed by atoms with van der Waals surface area (Å²) in [4.78, 5) is 9.16. The molecule has 0 saturated heterocycles. The van der Waals surface area contributed by atoms with Crippen molar-refractivity contribution in [3.63, 3.8) is 0 Å². The molecule has 22 heavy (non-hydrogen) atoms. The number of benzene rings is 2. The van der Waals surface area contributed by atoms with Gasteiger partial charge < -0.3 is 9.47 Å². The van der Waals surface area contributed by atoms with Crippen LogP contribution in [-0.4, -0.2) is 24.2 Å². The zero-order valence-corrected chi connectivity index (χ0v) is 13.0. The van der Waals surface area contributed by atoms with Gasteiger partial charge in [-0.05, 0) is 18.2 Å². The van der Waals surface area contributed by atoms with Crippen molar-refractivity contribution in [3.05, 3.63) is 59.4 Å². The molecule has 0 unspecified atom stereocenters. The van der Waals surface area contributed by atoms with Crippen LogP contribution in [0.2, 0.25) is 5.02 Å². The Hall–Kier alpha value is -2.01. The molecule has 4 nitrogen and oxygen atoms in total. The summed E-state index contributed by atoms with van der Waals surface area (Å²) < 4.78 is 10.6. The molecule has 0 fully saturated rings. The molecule has 1 aromatic heterocycles. The number of aromatic nitrogens is 2. The summed E-state index contributed by atoms with van der Waals surface area (Å²) in [5, 5.41) is 1.55. The van der Waals surface area contributed by atoms with Gasteiger partial charge in [-0.2, -0.15) is 0 Å². The summed E-state index contributed by atoms with van der Waals surface area (Å²) in [6, 6.07) is 15.5. The summed E-state index contributed by atoms with van der Waals surface area (Å²) in [6.45, 7) is 0. The van der Waals surface area contributed by atoms with Crippen molar-refractivity contribution >= 4 is 22.5 Å². The van der Waals surface area contributed by atoms with E-state index in [9.17, 15) is 0 Å². The molecule has 0 bridgehead atoms. The van der Waals surface area contributed by atoms with Gasteiger partial charge in [0.2, 0.25) is 6.29 Å². The van der Waals surface area contributed by atoms with E-state index >= 15 is 0 Å². The van der Waals surface area contributed by atoms with Crippen molar-refractivity contribution in [2.24, 2.45) is 0 Å². The molecule has 3 rings (SSSR count). The lowest BCUT2D eigenvalue weighted by Crippen LogP contribution is -2.09. The van der Waals surface area contributed by atoms with Gasteiger partial charge in [0.15, 0.2) is 5.82 Å². The lowest BCUT2D eigenvalue weighted by atomic mass is 10.1. The van der Waals surface area contributed by atoms with E-state index in [-0.39, 0.29) is 0 Å². The van der Waals surface area contributed by atoms with Gasteiger partial charge >= 0.3 is 0 Å². The lowest BCUT2D eigenvalue weighted by Gasteiger charge is -2.15. The van der Waals surface area contributed by atoms with Crippen molar-refractivity contribution in [1.29, 1.82) is 0 Å². The summed E-state index contributed by atoms with van der Waals surface area (Å²) >= 11 is 6.13. The Morgan fingerprint density at radius 1 is 0.955 bits per heavy atom. The molecule has 0 aliphatic heterocycles. The molecule has 0 N–H and O–H groups in total. The van der Waals surface area contributed by atoms with E-state index in [2.05, 4.69) is 9.97 Å². The topological polar surface area (TPSA) is 44.2 Å². The number of fused-ring (bicyclic) bond motifs is 1. The van der Waals surface area contributed by atoms with Crippen LogP contribution in [0.1, 0.15) is 12.1 Å². The van der Waals surface area contributed by atoms with Gasteiger partial charge in [-0.3, -0.25) is 0 Å². The first kappa shape index (κ1) is 14.9. The molecule has 2 aromatic carbocycles. The highest BCUT2D eigenvalue weighted by molar-refractivity contribution is 6.31. The molecular weight excluding hydrogens is 300 g/mol. The Bertz CT molecular complexity index is 789. The molecular formula is C17H15ClN2O2. The first-order chi connectivity index (χ1) is 10.7. The van der Waals surface area contributed by atoms with E-state index in [1.54, 1.807) is 14.2 Å². The quantitative estimate of drug-likeness (QED) is 0.676. The van der Waals surface area contributed by atoms with Crippen LogP contribution < -0.4 is 0 Å². The number of rotatable bonds is 4. The maximum absolute atomic E-state index is 6.13. The number of halogens is 1. The van der Waals surface area contributed by atoms with Gasteiger partial charge in [0.1, 0.15) is 0 Å². The summed E-state index contributed by atoms with van der Waals surface area (Å²) in [6.07, 6.45) is -0.609. The Morgan fingerprint density at radius 3 is 2.36 bits per heavy atom. The molecule has 0 radical (unpaired) electrons. The fraction of sp³-hybridized carbons (Fsp3) is 0.176. The Balaban J connectivity index is 2.29. The van der Waals surface area contributed by atoms with Crippen LogP contribution in [-0.2, 0) is 9.47 Å². The summed E-state index contributed by atoms with van der Waals surface area (Å²) in [5.41, 5.74) is 2.60. The minimum Gasteiger partial charge on any atom is -0.349 e. The van der Waals surface area contributed by atoms with E-state index in [1.165, 1.54) is 0 Å². The first-order valence-corrected chi connectivity index (χ1v) is 7.19. The van der Waals surface area contributed by atoms with Gasteiger partial charge in [-0.1, -0.05) is 41.9 Å². The second kappa shape index (κ2) is 6.40. The van der Waals surface area contributed by atoms with E-state index in [0.29, 0.717) is 10.8 Å². The number of hydrogen-bond acceptors (Lipinski definition) is 4. The maximum atomic E-state index is 6.13. The molecule has 0 aliphatic carbocycles. The van der Waals surface area contributed by atoms with Gasteiger partial charge in [0.05, 0.1) is 11.2 Å². The van der Waals surface area contributed by atoms with Crippen molar-refractivity contribution in [2.75, 3.05) is 14.2 Å². The maximum Gasteiger partial charge on any atom is 0.218 e. The minimum atomic E-state index is -0.609. The van der Waals surface area contributed by atoms with Gasteiger partial charge in [-0.15, -0.1) is 0 Å². The monoisotopic (exact) mass is 314 g/mol. The Kier molecular flexibility index (Phi) is 4.34. The molecule has 0 atom stereocenters. The molecule has 0 spiro atoms. The van der Waals surface area contributed by atoms with Crippen molar-refractivity contribution in [1.82, 2.24) is 9.97 Å². The van der Waals surface area contributed by atoms with Crippen molar-refractivity contribution < 1.29 is 9.47 Å². The van der Waals surface area contributed by atoms with E-state index in [4.69, 9.17) is 21.1 Å². The first-order valence-electron chi connectivity index (χ1n) is 6.81. The molecule has 0 amide bonds. The third-order valence-electron chi connectivity index (χ3n) is 3.36. The second-order valence-corrected chi connectivity index (χ2v) is 5.20. The fourth-order valence-corrected chi connectivity index (χ4v) is 2.52. The number of nitrogens with zero attached hydrogens (tertiary/aromatic N) is 2. The molecule has 0 saturated carbocycles. The number of methoxy groups -OCH3 is 2. The van der Waals surface area contributed by atoms with Crippen LogP contribution in [0.5, 0.6) is 0 Å². The van der Waals surface area contributed by atoms with Gasteiger partial charge in [-0.25, -0.2) is 9.97 Å². The van der Waals surface area contributed by atoms with Crippen LogP contribution in [0.25, 0.3) is 22.2 Å². The van der Waals surface area contributed by atoms with Crippen LogP contribution >= 0.6 is 11.6 Å². The lowest BCUT2D eigenvalue weighted by molar-refractivity contribution is -0.111. The highest BCUT2D eigenvalue weighted by atomic mass is 35.5. The second-order valence-electron chi connectivity index (χ2n) is 4.76. The smallest absolute Gasteiger partial charge is 0.218 e. The standard InChI is InChI=1S/C17H15ClN2O2/c1-21-17(22-2)16-19-14-9-8-12(18)10-13(14)15(20-16)11-6-4-3-5-7-11/h3-10,17H,1-2H3. The van der Waals surface area contributed by atoms with Crippen molar-refractivity contribution in [2.45, 2.75) is 6.29 Å². The SMILES string of the molecule is COC(OC)c1nc(-c2ccccc2)c2cc(Cl)ccc2n1. The Labute approximate surface area is 133 Å². The molecule has 112 valence electrons. The van der Waals surface area contributed by atoms with Crippen LogP contribution in [0.3, 0.4) is 0 Å². The van der Waals surface area contributed by atoms with E-state index in [1.807, 2.05) is 48.5 Å². The normalized spacial score (nSPS) is 11.3. The minimum absolute atomic E-state index is 0.485. The fourth-order valence-electron chi connectivity index (χ4n) is 2.35.